The summed E-state index contributed by atoms with van der Waals surface area (Å²) < 4.78 is 37.2. The summed E-state index contributed by atoms with van der Waals surface area (Å²) in [7, 11) is 0. The zero-order valence-electron chi connectivity index (χ0n) is 23.5. The first kappa shape index (κ1) is 31.7. The third-order valence-corrected chi connectivity index (χ3v) is 7.72. The molecule has 1 N–H and O–H groups in total. The van der Waals surface area contributed by atoms with Crippen molar-refractivity contribution >= 4 is 29.1 Å². The molecule has 1 aliphatic heterocycles. The average molecular weight is 626 g/mol. The fourth-order valence-corrected chi connectivity index (χ4v) is 5.05. The predicted octanol–water partition coefficient (Wildman–Crippen LogP) is 7.25. The minimum absolute atomic E-state index is 0.0758. The minimum atomic E-state index is -3.70. The van der Waals surface area contributed by atoms with Crippen LogP contribution in [0.4, 0.5) is 8.78 Å². The molecule has 43 heavy (non-hydrogen) atoms. The van der Waals surface area contributed by atoms with E-state index in [1.807, 2.05) is 19.1 Å². The number of hydrogen-bond donors (Lipinski definition) is 1. The molecule has 0 radical (unpaired) electrons. The van der Waals surface area contributed by atoms with Crippen molar-refractivity contribution in [2.75, 3.05) is 6.54 Å². The van der Waals surface area contributed by atoms with E-state index in [0.29, 0.717) is 28.2 Å². The van der Waals surface area contributed by atoms with Crippen molar-refractivity contribution in [1.82, 2.24) is 14.9 Å². The minimum Gasteiger partial charge on any atom is -0.449 e. The lowest BCUT2D eigenvalue weighted by atomic mass is 9.95. The van der Waals surface area contributed by atoms with Gasteiger partial charge in [0.05, 0.1) is 18.0 Å². The summed E-state index contributed by atoms with van der Waals surface area (Å²) in [6.07, 6.45) is 9.44. The number of carbonyl (C=O) groups is 1. The van der Waals surface area contributed by atoms with E-state index >= 15 is 8.78 Å². The van der Waals surface area contributed by atoms with Gasteiger partial charge in [-0.3, -0.25) is 14.2 Å². The van der Waals surface area contributed by atoms with Gasteiger partial charge in [0.1, 0.15) is 5.75 Å². The van der Waals surface area contributed by atoms with Crippen molar-refractivity contribution in [3.8, 4) is 17.6 Å². The van der Waals surface area contributed by atoms with E-state index in [1.54, 1.807) is 18.2 Å². The van der Waals surface area contributed by atoms with Crippen LogP contribution in [-0.4, -0.2) is 22.0 Å². The molecule has 0 saturated heterocycles. The van der Waals surface area contributed by atoms with Gasteiger partial charge in [0.15, 0.2) is 5.69 Å². The normalized spacial score (nSPS) is 17.4. The maximum absolute atomic E-state index is 15.2. The molecule has 2 aliphatic rings. The van der Waals surface area contributed by atoms with Crippen LogP contribution in [0.2, 0.25) is 5.02 Å². The molecular formula is C32H28Cl2F2N4O3. The highest BCUT2D eigenvalue weighted by molar-refractivity contribution is 6.31. The lowest BCUT2D eigenvalue weighted by Crippen LogP contribution is -2.30. The number of allylic oxidation sites excluding steroid dienone is 7. The van der Waals surface area contributed by atoms with Gasteiger partial charge in [-0.25, -0.2) is 4.98 Å². The monoisotopic (exact) mass is 624 g/mol. The summed E-state index contributed by atoms with van der Waals surface area (Å²) in [5.74, 6) is -5.43. The number of aromatic nitrogens is 2. The Hall–Kier alpha value is -4.26. The number of hydrogen-bond acceptors (Lipinski definition) is 5. The largest absolute Gasteiger partial charge is 0.449 e. The Kier molecular flexibility index (Phi) is 9.53. The number of nitriles is 1. The van der Waals surface area contributed by atoms with E-state index in [9.17, 15) is 14.9 Å². The fourth-order valence-electron chi connectivity index (χ4n) is 4.55. The molecule has 0 spiro atoms. The van der Waals surface area contributed by atoms with E-state index in [2.05, 4.69) is 23.5 Å². The summed E-state index contributed by atoms with van der Waals surface area (Å²) in [6, 6.07) is 5.82. The topological polar surface area (TPSA) is 97.0 Å². The van der Waals surface area contributed by atoms with Gasteiger partial charge >= 0.3 is 5.92 Å². The number of alkyl halides is 2. The smallest absolute Gasteiger partial charge is 0.314 e. The van der Waals surface area contributed by atoms with Gasteiger partial charge in [-0.2, -0.15) is 14.0 Å². The lowest BCUT2D eigenvalue weighted by Gasteiger charge is -2.21. The fraction of sp³-hybridized carbons (Fsp3) is 0.250. The summed E-state index contributed by atoms with van der Waals surface area (Å²) in [6.45, 7) is 10.6. The summed E-state index contributed by atoms with van der Waals surface area (Å²) in [4.78, 5) is 30.7. The van der Waals surface area contributed by atoms with Crippen LogP contribution in [0.25, 0.3) is 0 Å². The second-order valence-corrected chi connectivity index (χ2v) is 11.0. The van der Waals surface area contributed by atoms with Gasteiger partial charge in [0, 0.05) is 34.6 Å². The maximum Gasteiger partial charge on any atom is 0.314 e. The van der Waals surface area contributed by atoms with Crippen molar-refractivity contribution in [1.29, 1.82) is 5.26 Å². The molecule has 7 nitrogen and oxygen atoms in total. The van der Waals surface area contributed by atoms with E-state index in [1.165, 1.54) is 18.2 Å². The second kappa shape index (κ2) is 12.9. The van der Waals surface area contributed by atoms with Crippen molar-refractivity contribution in [2.45, 2.75) is 39.2 Å². The van der Waals surface area contributed by atoms with Crippen LogP contribution in [0, 0.1) is 17.2 Å². The quantitative estimate of drug-likeness (QED) is 0.312. The Morgan fingerprint density at radius 1 is 1.28 bits per heavy atom. The van der Waals surface area contributed by atoms with Gasteiger partial charge in [-0.15, -0.1) is 0 Å². The molecule has 0 fully saturated rings. The van der Waals surface area contributed by atoms with Gasteiger partial charge in [0.2, 0.25) is 5.75 Å². The number of ether oxygens (including phenoxy) is 1. The van der Waals surface area contributed by atoms with Crippen molar-refractivity contribution in [2.24, 2.45) is 5.92 Å². The lowest BCUT2D eigenvalue weighted by molar-refractivity contribution is -0.117. The van der Waals surface area contributed by atoms with Crippen molar-refractivity contribution in [3.05, 3.63) is 122 Å². The molecule has 0 saturated carbocycles. The summed E-state index contributed by atoms with van der Waals surface area (Å²) >= 11 is 12.5. The Bertz CT molecular complexity index is 1750. The first-order valence-electron chi connectivity index (χ1n) is 13.3. The number of benzene rings is 1. The zero-order chi connectivity index (χ0) is 31.5. The Morgan fingerprint density at radius 2 is 2.02 bits per heavy atom. The Labute approximate surface area is 257 Å². The van der Waals surface area contributed by atoms with Crippen molar-refractivity contribution in [3.63, 3.8) is 0 Å². The summed E-state index contributed by atoms with van der Waals surface area (Å²) in [5.41, 5.74) is 0.351. The SMILES string of the molecule is C=C1CNC(=O)C(C2=CCC(CC)=C(Cl)C=C2)=CC1Cn1cnc(C(F)(F)C(=C)C)c(Oc2cc(Cl)cc(C#N)c2)c1=O. The standard InChI is InChI=1S/C32H28Cl2F2N4O3/c1-5-21-6-7-22(8-9-27(21)34)26-12-23(19(4)15-38-30(26)41)16-40-17-39-29(32(35,36)18(2)3)28(31(40)42)43-25-11-20(14-37)10-24(33)13-25/h7-13,17,23H,2,4-6,15-16H2,1,3H3,(H,38,41). The number of carbonyl (C=O) groups excluding carboxylic acids is 1. The van der Waals surface area contributed by atoms with E-state index in [-0.39, 0.29) is 35.3 Å². The van der Waals surface area contributed by atoms with Gasteiger partial charge in [0.25, 0.3) is 11.5 Å². The van der Waals surface area contributed by atoms with Gasteiger partial charge in [-0.1, -0.05) is 61.5 Å². The molecule has 1 aromatic heterocycles. The molecule has 2 heterocycles. The van der Waals surface area contributed by atoms with Crippen molar-refractivity contribution < 1.29 is 18.3 Å². The van der Waals surface area contributed by atoms with Gasteiger partial charge < -0.3 is 10.1 Å². The van der Waals surface area contributed by atoms with Crippen LogP contribution in [0.5, 0.6) is 11.5 Å². The van der Waals surface area contributed by atoms with E-state index in [0.717, 1.165) is 29.8 Å². The Morgan fingerprint density at radius 3 is 2.70 bits per heavy atom. The first-order chi connectivity index (χ1) is 20.3. The molecular weight excluding hydrogens is 597 g/mol. The highest BCUT2D eigenvalue weighted by atomic mass is 35.5. The highest BCUT2D eigenvalue weighted by Crippen LogP contribution is 2.39. The first-order valence-corrected chi connectivity index (χ1v) is 14.1. The molecule has 0 bridgehead atoms. The molecule has 4 rings (SSSR count). The van der Waals surface area contributed by atoms with Gasteiger partial charge in [-0.05, 0) is 66.3 Å². The zero-order valence-corrected chi connectivity index (χ0v) is 25.0. The molecule has 1 unspecified atom stereocenters. The molecule has 1 amide bonds. The molecule has 222 valence electrons. The molecule has 2 aromatic rings. The molecule has 11 heteroatoms. The predicted molar refractivity (Wildman–Crippen MR) is 162 cm³/mol. The number of nitrogens with one attached hydrogen (secondary N) is 1. The molecule has 1 aromatic carbocycles. The third-order valence-electron chi connectivity index (χ3n) is 7.11. The van der Waals surface area contributed by atoms with Crippen LogP contribution < -0.4 is 15.6 Å². The highest BCUT2D eigenvalue weighted by Gasteiger charge is 2.40. The number of amides is 1. The van der Waals surface area contributed by atoms with Crippen LogP contribution >= 0.6 is 23.2 Å². The maximum atomic E-state index is 15.2. The Balaban J connectivity index is 1.79. The van der Waals surface area contributed by atoms with E-state index in [4.69, 9.17) is 27.9 Å². The number of rotatable bonds is 8. The molecule has 1 aliphatic carbocycles. The van der Waals surface area contributed by atoms with Crippen LogP contribution in [-0.2, 0) is 17.3 Å². The number of nitrogens with zero attached hydrogens (tertiary/aromatic N) is 3. The molecule has 1 atom stereocenters. The number of halogens is 4. The van der Waals surface area contributed by atoms with Crippen LogP contribution in [0.15, 0.2) is 99.7 Å². The van der Waals surface area contributed by atoms with Crippen LogP contribution in [0.1, 0.15) is 37.9 Å². The second-order valence-electron chi connectivity index (χ2n) is 10.2. The van der Waals surface area contributed by atoms with Crippen LogP contribution in [0.3, 0.4) is 0 Å². The van der Waals surface area contributed by atoms with E-state index < -0.39 is 34.4 Å². The summed E-state index contributed by atoms with van der Waals surface area (Å²) in [5, 5.41) is 12.8. The average Bonchev–Trinajstić information content (AvgIpc) is 3.23. The third kappa shape index (κ3) is 6.87.